The van der Waals surface area contributed by atoms with Crippen LogP contribution in [0.15, 0.2) is 30.0 Å². The van der Waals surface area contributed by atoms with Gasteiger partial charge in [-0.3, -0.25) is 0 Å². The van der Waals surface area contributed by atoms with Crippen molar-refractivity contribution in [1.82, 2.24) is 5.32 Å². The summed E-state index contributed by atoms with van der Waals surface area (Å²) in [6.07, 6.45) is 5.17. The molecule has 0 saturated carbocycles. The van der Waals surface area contributed by atoms with Crippen LogP contribution in [0.25, 0.3) is 0 Å². The second kappa shape index (κ2) is 6.97. The van der Waals surface area contributed by atoms with Crippen molar-refractivity contribution in [2.75, 3.05) is 13.2 Å². The highest BCUT2D eigenvalue weighted by Crippen LogP contribution is 2.32. The molecule has 1 unspecified atom stereocenters. The number of halogens is 1. The van der Waals surface area contributed by atoms with E-state index < -0.39 is 0 Å². The molecule has 1 atom stereocenters. The van der Waals surface area contributed by atoms with Crippen LogP contribution in [0, 0.1) is 6.92 Å². The van der Waals surface area contributed by atoms with E-state index in [2.05, 4.69) is 31.3 Å². The molecule has 0 bridgehead atoms. The summed E-state index contributed by atoms with van der Waals surface area (Å²) >= 11 is 6.41. The van der Waals surface area contributed by atoms with E-state index in [1.807, 2.05) is 12.3 Å². The van der Waals surface area contributed by atoms with Crippen LogP contribution in [0.1, 0.15) is 43.4 Å². The maximum Gasteiger partial charge on any atom is 0.0876 e. The summed E-state index contributed by atoms with van der Waals surface area (Å²) in [6.45, 7) is 6.04. The summed E-state index contributed by atoms with van der Waals surface area (Å²) < 4.78 is 5.48. The van der Waals surface area contributed by atoms with E-state index in [1.54, 1.807) is 0 Å². The lowest BCUT2D eigenvalue weighted by molar-refractivity contribution is 0.219. The molecule has 1 heterocycles. The first-order valence-corrected chi connectivity index (χ1v) is 7.40. The largest absolute Gasteiger partial charge is 0.501 e. The fourth-order valence-electron chi connectivity index (χ4n) is 2.39. The van der Waals surface area contributed by atoms with Gasteiger partial charge in [0.25, 0.3) is 0 Å². The summed E-state index contributed by atoms with van der Waals surface area (Å²) in [5.41, 5.74) is 3.64. The van der Waals surface area contributed by atoms with Gasteiger partial charge in [0.05, 0.1) is 18.9 Å². The molecule has 2 nitrogen and oxygen atoms in total. The minimum absolute atomic E-state index is 0.174. The summed E-state index contributed by atoms with van der Waals surface area (Å²) in [5.74, 6) is 0. The number of hydrogen-bond acceptors (Lipinski definition) is 2. The number of aryl methyl sites for hydroxylation is 1. The molecule has 0 radical (unpaired) electrons. The standard InChI is InChI=1S/C16H22ClNO/c1-3-8-18-16(13-5-4-9-19-11-13)14-7-6-12(2)10-15(14)17/h6-7,10-11,16,18H,3-5,8-9H2,1-2H3. The smallest absolute Gasteiger partial charge is 0.0876 e. The summed E-state index contributed by atoms with van der Waals surface area (Å²) in [6, 6.07) is 6.45. The molecule has 1 aromatic rings. The van der Waals surface area contributed by atoms with Gasteiger partial charge in [0.1, 0.15) is 0 Å². The maximum atomic E-state index is 6.41. The van der Waals surface area contributed by atoms with Crippen LogP contribution >= 0.6 is 11.6 Å². The van der Waals surface area contributed by atoms with E-state index in [1.165, 1.54) is 11.1 Å². The summed E-state index contributed by atoms with van der Waals surface area (Å²) in [4.78, 5) is 0. The highest BCUT2D eigenvalue weighted by molar-refractivity contribution is 6.31. The first-order chi connectivity index (χ1) is 9.22. The molecule has 1 N–H and O–H groups in total. The predicted octanol–water partition coefficient (Wildman–Crippen LogP) is 4.38. The van der Waals surface area contributed by atoms with Crippen LogP contribution in [0.4, 0.5) is 0 Å². The van der Waals surface area contributed by atoms with Gasteiger partial charge >= 0.3 is 0 Å². The van der Waals surface area contributed by atoms with Crippen molar-refractivity contribution in [1.29, 1.82) is 0 Å². The maximum absolute atomic E-state index is 6.41. The second-order valence-corrected chi connectivity index (χ2v) is 5.49. The average molecular weight is 280 g/mol. The van der Waals surface area contributed by atoms with Crippen LogP contribution in [0.3, 0.4) is 0 Å². The molecule has 0 spiro atoms. The highest BCUT2D eigenvalue weighted by Gasteiger charge is 2.20. The van der Waals surface area contributed by atoms with Crippen molar-refractivity contribution in [3.63, 3.8) is 0 Å². The minimum Gasteiger partial charge on any atom is -0.501 e. The van der Waals surface area contributed by atoms with Crippen molar-refractivity contribution < 1.29 is 4.74 Å². The molecular weight excluding hydrogens is 258 g/mol. The summed E-state index contributed by atoms with van der Waals surface area (Å²) in [5, 5.41) is 4.42. The van der Waals surface area contributed by atoms with E-state index >= 15 is 0 Å². The van der Waals surface area contributed by atoms with Crippen molar-refractivity contribution in [2.24, 2.45) is 0 Å². The molecule has 2 rings (SSSR count). The Morgan fingerprint density at radius 2 is 2.26 bits per heavy atom. The quantitative estimate of drug-likeness (QED) is 0.863. The van der Waals surface area contributed by atoms with E-state index in [0.717, 1.165) is 43.0 Å². The first-order valence-electron chi connectivity index (χ1n) is 7.02. The van der Waals surface area contributed by atoms with Gasteiger partial charge in [-0.15, -0.1) is 0 Å². The average Bonchev–Trinajstić information content (AvgIpc) is 2.42. The molecule has 1 aliphatic heterocycles. The number of benzene rings is 1. The highest BCUT2D eigenvalue weighted by atomic mass is 35.5. The van der Waals surface area contributed by atoms with Gasteiger partial charge in [-0.05, 0) is 55.5 Å². The number of nitrogens with one attached hydrogen (secondary N) is 1. The lowest BCUT2D eigenvalue weighted by atomic mass is 9.94. The zero-order valence-corrected chi connectivity index (χ0v) is 12.5. The third kappa shape index (κ3) is 3.74. The van der Waals surface area contributed by atoms with Gasteiger partial charge < -0.3 is 10.1 Å². The molecule has 3 heteroatoms. The van der Waals surface area contributed by atoms with Gasteiger partial charge in [0.2, 0.25) is 0 Å². The zero-order valence-electron chi connectivity index (χ0n) is 11.7. The second-order valence-electron chi connectivity index (χ2n) is 5.08. The van der Waals surface area contributed by atoms with Crippen molar-refractivity contribution >= 4 is 11.6 Å². The van der Waals surface area contributed by atoms with E-state index in [9.17, 15) is 0 Å². The molecule has 1 aliphatic rings. The minimum atomic E-state index is 0.174. The number of rotatable bonds is 5. The normalized spacial score (nSPS) is 16.7. The number of ether oxygens (including phenoxy) is 1. The fraction of sp³-hybridized carbons (Fsp3) is 0.500. The first kappa shape index (κ1) is 14.4. The van der Waals surface area contributed by atoms with Crippen molar-refractivity contribution in [2.45, 2.75) is 39.2 Å². The van der Waals surface area contributed by atoms with Gasteiger partial charge in [-0.25, -0.2) is 0 Å². The van der Waals surface area contributed by atoms with Crippen LogP contribution < -0.4 is 5.32 Å². The molecule has 19 heavy (non-hydrogen) atoms. The van der Waals surface area contributed by atoms with Gasteiger partial charge in [0.15, 0.2) is 0 Å². The fourth-order valence-corrected chi connectivity index (χ4v) is 2.74. The van der Waals surface area contributed by atoms with E-state index in [4.69, 9.17) is 16.3 Å². The third-order valence-electron chi connectivity index (χ3n) is 3.40. The molecule has 0 fully saturated rings. The van der Waals surface area contributed by atoms with Gasteiger partial charge in [-0.1, -0.05) is 30.7 Å². The van der Waals surface area contributed by atoms with Crippen LogP contribution in [0.5, 0.6) is 0 Å². The Morgan fingerprint density at radius 3 is 2.89 bits per heavy atom. The molecule has 0 saturated heterocycles. The molecule has 0 amide bonds. The Balaban J connectivity index is 2.27. The zero-order chi connectivity index (χ0) is 13.7. The van der Waals surface area contributed by atoms with Crippen LogP contribution in [-0.4, -0.2) is 13.2 Å². The Hall–Kier alpha value is -0.990. The van der Waals surface area contributed by atoms with E-state index in [-0.39, 0.29) is 6.04 Å². The molecule has 0 aliphatic carbocycles. The van der Waals surface area contributed by atoms with Crippen LogP contribution in [-0.2, 0) is 4.74 Å². The van der Waals surface area contributed by atoms with Crippen molar-refractivity contribution in [3.8, 4) is 0 Å². The Morgan fingerprint density at radius 1 is 1.42 bits per heavy atom. The lowest BCUT2D eigenvalue weighted by Gasteiger charge is -2.25. The van der Waals surface area contributed by atoms with Crippen LogP contribution in [0.2, 0.25) is 5.02 Å². The molecule has 0 aromatic heterocycles. The predicted molar refractivity (Wildman–Crippen MR) is 80.5 cm³/mol. The third-order valence-corrected chi connectivity index (χ3v) is 3.73. The Kier molecular flexibility index (Phi) is 5.29. The Bertz CT molecular complexity index is 456. The topological polar surface area (TPSA) is 21.3 Å². The SMILES string of the molecule is CCCNC(C1=COCCC1)c1ccc(C)cc1Cl. The molecular formula is C16H22ClNO. The van der Waals surface area contributed by atoms with Gasteiger partial charge in [0, 0.05) is 5.02 Å². The molecule has 1 aromatic carbocycles. The Labute approximate surface area is 120 Å². The van der Waals surface area contributed by atoms with E-state index in [0.29, 0.717) is 0 Å². The van der Waals surface area contributed by atoms with Crippen molar-refractivity contribution in [3.05, 3.63) is 46.2 Å². The monoisotopic (exact) mass is 279 g/mol. The molecule has 104 valence electrons. The van der Waals surface area contributed by atoms with Gasteiger partial charge in [-0.2, -0.15) is 0 Å². The lowest BCUT2D eigenvalue weighted by Crippen LogP contribution is -2.25. The number of hydrogen-bond donors (Lipinski definition) is 1. The summed E-state index contributed by atoms with van der Waals surface area (Å²) in [7, 11) is 0.